The van der Waals surface area contributed by atoms with Crippen LogP contribution in [-0.4, -0.2) is 31.1 Å². The molecule has 0 aromatic carbocycles. The average Bonchev–Trinajstić information content (AvgIpc) is 2.58. The molecule has 0 unspecified atom stereocenters. The lowest BCUT2D eigenvalue weighted by Gasteiger charge is -2.03. The Bertz CT molecular complexity index is 587. The van der Waals surface area contributed by atoms with Gasteiger partial charge in [-0.2, -0.15) is 10.2 Å². The Morgan fingerprint density at radius 2 is 2.00 bits per heavy atom. The van der Waals surface area contributed by atoms with Crippen LogP contribution >= 0.6 is 0 Å². The molecule has 94 valence electrons. The van der Waals surface area contributed by atoms with Gasteiger partial charge in [-0.25, -0.2) is 4.68 Å². The number of hydrogen-bond donors (Lipinski definition) is 1. The third-order valence-electron chi connectivity index (χ3n) is 2.77. The third kappa shape index (κ3) is 2.22. The molecule has 0 bridgehead atoms. The fourth-order valence-electron chi connectivity index (χ4n) is 1.81. The van der Waals surface area contributed by atoms with Crippen molar-refractivity contribution in [3.05, 3.63) is 34.8 Å². The van der Waals surface area contributed by atoms with Gasteiger partial charge in [0.1, 0.15) is 0 Å². The second kappa shape index (κ2) is 4.56. The van der Waals surface area contributed by atoms with Crippen molar-refractivity contribution in [2.45, 2.75) is 27.2 Å². The number of carboxylic acids is 1. The molecule has 0 saturated carbocycles. The highest BCUT2D eigenvalue weighted by atomic mass is 16.4. The van der Waals surface area contributed by atoms with Gasteiger partial charge >= 0.3 is 5.97 Å². The van der Waals surface area contributed by atoms with E-state index in [1.54, 1.807) is 11.6 Å². The minimum Gasteiger partial charge on any atom is -0.481 e. The fourth-order valence-corrected chi connectivity index (χ4v) is 1.81. The first-order valence-corrected chi connectivity index (χ1v) is 5.56. The predicted octanol–water partition coefficient (Wildman–Crippen LogP) is 1.21. The molecule has 2 heterocycles. The summed E-state index contributed by atoms with van der Waals surface area (Å²) in [6.45, 7) is 5.48. The standard InChI is InChI=1S/C12H14N4O2/c1-7-4-5-11(14-13-7)16-9(3)10(6-12(17)18)8(2)15-16/h4-5H,6H2,1-3H3,(H,17,18). The van der Waals surface area contributed by atoms with Gasteiger partial charge in [-0.1, -0.05) is 0 Å². The maximum atomic E-state index is 10.8. The molecule has 1 N–H and O–H groups in total. The zero-order chi connectivity index (χ0) is 13.3. The van der Waals surface area contributed by atoms with Crippen LogP contribution in [-0.2, 0) is 11.2 Å². The van der Waals surface area contributed by atoms with Crippen molar-refractivity contribution < 1.29 is 9.90 Å². The second-order valence-corrected chi connectivity index (χ2v) is 4.16. The van der Waals surface area contributed by atoms with Crippen LogP contribution in [0.25, 0.3) is 5.82 Å². The summed E-state index contributed by atoms with van der Waals surface area (Å²) in [5.41, 5.74) is 3.04. The molecule has 2 rings (SSSR count). The van der Waals surface area contributed by atoms with Crippen LogP contribution in [0.3, 0.4) is 0 Å². The fraction of sp³-hybridized carbons (Fsp3) is 0.333. The van der Waals surface area contributed by atoms with Crippen LogP contribution < -0.4 is 0 Å². The molecule has 0 aliphatic rings. The highest BCUT2D eigenvalue weighted by Crippen LogP contribution is 2.17. The van der Waals surface area contributed by atoms with E-state index in [1.807, 2.05) is 26.0 Å². The number of aryl methyl sites for hydroxylation is 2. The van der Waals surface area contributed by atoms with Crippen molar-refractivity contribution in [3.63, 3.8) is 0 Å². The molecule has 2 aromatic heterocycles. The molecule has 6 heteroatoms. The molecule has 0 fully saturated rings. The van der Waals surface area contributed by atoms with E-state index in [0.29, 0.717) is 11.5 Å². The first-order valence-electron chi connectivity index (χ1n) is 5.56. The Hall–Kier alpha value is -2.24. The number of rotatable bonds is 3. The van der Waals surface area contributed by atoms with Crippen molar-refractivity contribution in [1.82, 2.24) is 20.0 Å². The summed E-state index contributed by atoms with van der Waals surface area (Å²) in [4.78, 5) is 10.8. The van der Waals surface area contributed by atoms with E-state index in [-0.39, 0.29) is 6.42 Å². The summed E-state index contributed by atoms with van der Waals surface area (Å²) in [6.07, 6.45) is -0.0308. The molecular weight excluding hydrogens is 232 g/mol. The number of nitrogens with zero attached hydrogens (tertiary/aromatic N) is 4. The molecule has 0 aliphatic carbocycles. The number of carboxylic acid groups (broad SMARTS) is 1. The summed E-state index contributed by atoms with van der Waals surface area (Å²) in [5, 5.41) is 21.2. The van der Waals surface area contributed by atoms with E-state index >= 15 is 0 Å². The highest BCUT2D eigenvalue weighted by Gasteiger charge is 2.15. The van der Waals surface area contributed by atoms with Crippen molar-refractivity contribution >= 4 is 5.97 Å². The van der Waals surface area contributed by atoms with Crippen LogP contribution in [0.1, 0.15) is 22.6 Å². The average molecular weight is 246 g/mol. The highest BCUT2D eigenvalue weighted by molar-refractivity contribution is 5.71. The number of carbonyl (C=O) groups is 1. The number of aliphatic carboxylic acids is 1. The number of aromatic nitrogens is 4. The van der Waals surface area contributed by atoms with Crippen LogP contribution in [0.15, 0.2) is 12.1 Å². The van der Waals surface area contributed by atoms with E-state index in [9.17, 15) is 4.79 Å². The first-order chi connectivity index (χ1) is 8.49. The minimum absolute atomic E-state index is 0.0308. The Morgan fingerprint density at radius 3 is 2.56 bits per heavy atom. The van der Waals surface area contributed by atoms with E-state index in [0.717, 1.165) is 17.0 Å². The molecule has 0 radical (unpaired) electrons. The monoisotopic (exact) mass is 246 g/mol. The topological polar surface area (TPSA) is 80.9 Å². The lowest BCUT2D eigenvalue weighted by molar-refractivity contribution is -0.136. The summed E-state index contributed by atoms with van der Waals surface area (Å²) < 4.78 is 1.63. The van der Waals surface area contributed by atoms with Gasteiger partial charge in [-0.05, 0) is 32.9 Å². The Balaban J connectivity index is 2.46. The summed E-state index contributed by atoms with van der Waals surface area (Å²) >= 11 is 0. The van der Waals surface area contributed by atoms with Gasteiger partial charge in [0.05, 0.1) is 17.8 Å². The molecule has 0 aliphatic heterocycles. The van der Waals surface area contributed by atoms with E-state index in [4.69, 9.17) is 5.11 Å². The van der Waals surface area contributed by atoms with Crippen molar-refractivity contribution in [2.24, 2.45) is 0 Å². The normalized spacial score (nSPS) is 10.6. The molecule has 2 aromatic rings. The van der Waals surface area contributed by atoms with Crippen LogP contribution in [0.4, 0.5) is 0 Å². The minimum atomic E-state index is -0.865. The Kier molecular flexibility index (Phi) is 3.10. The van der Waals surface area contributed by atoms with Gasteiger partial charge in [0, 0.05) is 11.3 Å². The van der Waals surface area contributed by atoms with E-state index < -0.39 is 5.97 Å². The van der Waals surface area contributed by atoms with Gasteiger partial charge < -0.3 is 5.11 Å². The zero-order valence-corrected chi connectivity index (χ0v) is 10.5. The Morgan fingerprint density at radius 1 is 1.28 bits per heavy atom. The lowest BCUT2D eigenvalue weighted by atomic mass is 10.1. The number of hydrogen-bond acceptors (Lipinski definition) is 4. The van der Waals surface area contributed by atoms with Crippen LogP contribution in [0, 0.1) is 20.8 Å². The SMILES string of the molecule is Cc1ccc(-n2nc(C)c(CC(=O)O)c2C)nn1. The molecule has 0 spiro atoms. The van der Waals surface area contributed by atoms with Gasteiger partial charge in [-0.3, -0.25) is 4.79 Å². The summed E-state index contributed by atoms with van der Waals surface area (Å²) in [6, 6.07) is 3.65. The van der Waals surface area contributed by atoms with Gasteiger partial charge in [0.2, 0.25) is 0 Å². The third-order valence-corrected chi connectivity index (χ3v) is 2.77. The van der Waals surface area contributed by atoms with Gasteiger partial charge in [0.15, 0.2) is 5.82 Å². The molecule has 18 heavy (non-hydrogen) atoms. The van der Waals surface area contributed by atoms with Gasteiger partial charge in [0.25, 0.3) is 0 Å². The molecule has 0 amide bonds. The molecule has 6 nitrogen and oxygen atoms in total. The van der Waals surface area contributed by atoms with Crippen LogP contribution in [0.2, 0.25) is 0 Å². The van der Waals surface area contributed by atoms with Crippen molar-refractivity contribution in [3.8, 4) is 5.82 Å². The maximum absolute atomic E-state index is 10.8. The lowest BCUT2D eigenvalue weighted by Crippen LogP contribution is -2.05. The van der Waals surface area contributed by atoms with E-state index in [2.05, 4.69) is 15.3 Å². The van der Waals surface area contributed by atoms with E-state index in [1.165, 1.54) is 0 Å². The molecular formula is C12H14N4O2. The quantitative estimate of drug-likeness (QED) is 0.880. The van der Waals surface area contributed by atoms with Crippen molar-refractivity contribution in [2.75, 3.05) is 0 Å². The smallest absolute Gasteiger partial charge is 0.307 e. The Labute approximate surface area is 104 Å². The van der Waals surface area contributed by atoms with Gasteiger partial charge in [-0.15, -0.1) is 5.10 Å². The second-order valence-electron chi connectivity index (χ2n) is 4.16. The van der Waals surface area contributed by atoms with Crippen molar-refractivity contribution in [1.29, 1.82) is 0 Å². The largest absolute Gasteiger partial charge is 0.481 e. The maximum Gasteiger partial charge on any atom is 0.307 e. The predicted molar refractivity (Wildman–Crippen MR) is 64.7 cm³/mol. The molecule has 0 saturated heterocycles. The summed E-state index contributed by atoms with van der Waals surface area (Å²) in [7, 11) is 0. The summed E-state index contributed by atoms with van der Waals surface area (Å²) in [5.74, 6) is -0.270. The first kappa shape index (κ1) is 12.2. The zero-order valence-electron chi connectivity index (χ0n) is 10.5. The van der Waals surface area contributed by atoms with Crippen LogP contribution in [0.5, 0.6) is 0 Å². The molecule has 0 atom stereocenters.